The normalized spacial score (nSPS) is 11.6. The highest BCUT2D eigenvalue weighted by Gasteiger charge is 2.22. The second-order valence-electron chi connectivity index (χ2n) is 7.04. The maximum Gasteiger partial charge on any atom is 0.291 e. The molecule has 0 unspecified atom stereocenters. The van der Waals surface area contributed by atoms with Crippen LogP contribution in [-0.2, 0) is 16.6 Å². The lowest BCUT2D eigenvalue weighted by Gasteiger charge is -2.16. The fourth-order valence-electron chi connectivity index (χ4n) is 2.85. The lowest BCUT2D eigenvalue weighted by molar-refractivity contribution is 0.0994. The van der Waals surface area contributed by atoms with Crippen molar-refractivity contribution in [1.29, 1.82) is 0 Å². The molecule has 0 saturated heterocycles. The number of nitrogens with one attached hydrogen (secondary N) is 1. The Balaban J connectivity index is 1.71. The molecule has 0 radical (unpaired) electrons. The van der Waals surface area contributed by atoms with Gasteiger partial charge in [-0.05, 0) is 62.2 Å². The average molecular weight is 413 g/mol. The third-order valence-electron chi connectivity index (χ3n) is 4.85. The van der Waals surface area contributed by atoms with Gasteiger partial charge in [0.15, 0.2) is 5.76 Å². The minimum atomic E-state index is -3.65. The molecule has 2 aromatic carbocycles. The van der Waals surface area contributed by atoms with Gasteiger partial charge in [-0.25, -0.2) is 8.42 Å². The molecule has 3 rings (SSSR count). The van der Waals surface area contributed by atoms with Crippen LogP contribution in [0, 0.1) is 20.8 Å². The third kappa shape index (κ3) is 4.58. The van der Waals surface area contributed by atoms with Crippen LogP contribution in [0.25, 0.3) is 0 Å². The number of aryl methyl sites for hydroxylation is 2. The first-order valence-corrected chi connectivity index (χ1v) is 10.6. The first kappa shape index (κ1) is 20.8. The molecule has 0 saturated carbocycles. The number of anilines is 1. The summed E-state index contributed by atoms with van der Waals surface area (Å²) in [6.45, 7) is 5.82. The van der Waals surface area contributed by atoms with Crippen LogP contribution < -0.4 is 5.32 Å². The molecule has 0 fully saturated rings. The smallest absolute Gasteiger partial charge is 0.291 e. The zero-order valence-corrected chi connectivity index (χ0v) is 17.7. The maximum atomic E-state index is 12.7. The largest absolute Gasteiger partial charge is 0.455 e. The summed E-state index contributed by atoms with van der Waals surface area (Å²) in [5.41, 5.74) is 3.76. The molecule has 0 atom stereocenters. The number of hydrogen-bond acceptors (Lipinski definition) is 4. The average Bonchev–Trinajstić information content (AvgIpc) is 3.14. The van der Waals surface area contributed by atoms with Crippen molar-refractivity contribution in [3.8, 4) is 0 Å². The summed E-state index contributed by atoms with van der Waals surface area (Å²) < 4.78 is 32.2. The minimum absolute atomic E-state index is 0.0208. The van der Waals surface area contributed by atoms with Gasteiger partial charge in [0.05, 0.1) is 11.4 Å². The number of carbonyl (C=O) groups is 1. The molecule has 1 amide bonds. The van der Waals surface area contributed by atoms with Crippen LogP contribution in [0.2, 0.25) is 0 Å². The van der Waals surface area contributed by atoms with Gasteiger partial charge in [-0.15, -0.1) is 0 Å². The van der Waals surface area contributed by atoms with Gasteiger partial charge in [-0.1, -0.05) is 29.8 Å². The lowest BCUT2D eigenvalue weighted by atomic mass is 10.1. The van der Waals surface area contributed by atoms with Gasteiger partial charge >= 0.3 is 0 Å². The predicted octanol–water partition coefficient (Wildman–Crippen LogP) is 4.28. The maximum absolute atomic E-state index is 12.7. The van der Waals surface area contributed by atoms with Crippen LogP contribution in [0.5, 0.6) is 0 Å². The standard InChI is InChI=1S/C22H24N2O4S/c1-15-8-11-19(12-9-15)29(26,27)24(4)14-18-10-13-21(28-18)22(25)23-20-7-5-6-16(2)17(20)3/h5-13H,14H2,1-4H3,(H,23,25). The molecule has 0 aliphatic heterocycles. The fraction of sp³-hybridized carbons (Fsp3) is 0.227. The molecule has 7 heteroatoms. The number of amides is 1. The van der Waals surface area contributed by atoms with E-state index in [9.17, 15) is 13.2 Å². The number of nitrogens with zero attached hydrogens (tertiary/aromatic N) is 1. The van der Waals surface area contributed by atoms with Gasteiger partial charge in [0, 0.05) is 12.7 Å². The van der Waals surface area contributed by atoms with E-state index in [1.807, 2.05) is 39.0 Å². The molecular formula is C22H24N2O4S. The first-order chi connectivity index (χ1) is 13.7. The minimum Gasteiger partial charge on any atom is -0.455 e. The van der Waals surface area contributed by atoms with E-state index in [-0.39, 0.29) is 23.1 Å². The Labute approximate surface area is 171 Å². The van der Waals surface area contributed by atoms with Crippen molar-refractivity contribution in [1.82, 2.24) is 4.31 Å². The molecule has 1 N–H and O–H groups in total. The van der Waals surface area contributed by atoms with Crippen LogP contribution >= 0.6 is 0 Å². The zero-order chi connectivity index (χ0) is 21.2. The van der Waals surface area contributed by atoms with E-state index in [1.165, 1.54) is 11.4 Å². The fourth-order valence-corrected chi connectivity index (χ4v) is 3.99. The van der Waals surface area contributed by atoms with Crippen LogP contribution in [0.4, 0.5) is 5.69 Å². The molecule has 152 valence electrons. The zero-order valence-electron chi connectivity index (χ0n) is 16.9. The second kappa shape index (κ2) is 8.23. The molecule has 0 bridgehead atoms. The van der Waals surface area contributed by atoms with E-state index in [0.717, 1.165) is 16.7 Å². The van der Waals surface area contributed by atoms with Crippen molar-refractivity contribution in [2.45, 2.75) is 32.2 Å². The summed E-state index contributed by atoms with van der Waals surface area (Å²) in [6.07, 6.45) is 0. The van der Waals surface area contributed by atoms with Crippen LogP contribution in [0.15, 0.2) is 63.9 Å². The van der Waals surface area contributed by atoms with Crippen LogP contribution in [-0.4, -0.2) is 25.7 Å². The first-order valence-electron chi connectivity index (χ1n) is 9.18. The van der Waals surface area contributed by atoms with Crippen molar-refractivity contribution in [3.05, 3.63) is 82.8 Å². The van der Waals surface area contributed by atoms with E-state index in [2.05, 4.69) is 5.32 Å². The monoisotopic (exact) mass is 412 g/mol. The summed E-state index contributed by atoms with van der Waals surface area (Å²) in [5.74, 6) is 0.130. The Kier molecular flexibility index (Phi) is 5.91. The number of carbonyl (C=O) groups excluding carboxylic acids is 1. The second-order valence-corrected chi connectivity index (χ2v) is 9.09. The number of sulfonamides is 1. The Morgan fingerprint density at radius 3 is 2.38 bits per heavy atom. The number of benzene rings is 2. The van der Waals surface area contributed by atoms with Crippen LogP contribution in [0.3, 0.4) is 0 Å². The summed E-state index contributed by atoms with van der Waals surface area (Å²) in [5, 5.41) is 2.83. The van der Waals surface area contributed by atoms with E-state index >= 15 is 0 Å². The summed E-state index contributed by atoms with van der Waals surface area (Å²) in [7, 11) is -2.17. The highest BCUT2D eigenvalue weighted by atomic mass is 32.2. The van der Waals surface area contributed by atoms with Crippen molar-refractivity contribution in [2.24, 2.45) is 0 Å². The predicted molar refractivity (Wildman–Crippen MR) is 112 cm³/mol. The van der Waals surface area contributed by atoms with E-state index in [4.69, 9.17) is 4.42 Å². The Bertz CT molecular complexity index is 1130. The highest BCUT2D eigenvalue weighted by Crippen LogP contribution is 2.21. The molecule has 29 heavy (non-hydrogen) atoms. The quantitative estimate of drug-likeness (QED) is 0.655. The van der Waals surface area contributed by atoms with E-state index < -0.39 is 10.0 Å². The molecule has 0 aliphatic rings. The molecule has 3 aromatic rings. The van der Waals surface area contributed by atoms with Gasteiger partial charge in [0.2, 0.25) is 10.0 Å². The summed E-state index contributed by atoms with van der Waals surface area (Å²) >= 11 is 0. The van der Waals surface area contributed by atoms with E-state index in [0.29, 0.717) is 11.4 Å². The molecule has 1 heterocycles. The third-order valence-corrected chi connectivity index (χ3v) is 6.66. The van der Waals surface area contributed by atoms with E-state index in [1.54, 1.807) is 36.4 Å². The van der Waals surface area contributed by atoms with Crippen molar-refractivity contribution < 1.29 is 17.6 Å². The molecule has 6 nitrogen and oxygen atoms in total. The number of hydrogen-bond donors (Lipinski definition) is 1. The van der Waals surface area contributed by atoms with Crippen molar-refractivity contribution in [2.75, 3.05) is 12.4 Å². The van der Waals surface area contributed by atoms with Gasteiger partial charge in [0.25, 0.3) is 5.91 Å². The lowest BCUT2D eigenvalue weighted by Crippen LogP contribution is -2.26. The van der Waals surface area contributed by atoms with Gasteiger partial charge in [-0.3, -0.25) is 4.79 Å². The molecule has 0 aliphatic carbocycles. The summed E-state index contributed by atoms with van der Waals surface area (Å²) in [4.78, 5) is 12.7. The molecular weight excluding hydrogens is 388 g/mol. The van der Waals surface area contributed by atoms with Gasteiger partial charge in [0.1, 0.15) is 5.76 Å². The topological polar surface area (TPSA) is 79.6 Å². The highest BCUT2D eigenvalue weighted by molar-refractivity contribution is 7.89. The Morgan fingerprint density at radius 2 is 1.69 bits per heavy atom. The number of furan rings is 1. The molecule has 0 spiro atoms. The number of rotatable bonds is 6. The Morgan fingerprint density at radius 1 is 1.00 bits per heavy atom. The SMILES string of the molecule is Cc1ccc(S(=O)(=O)N(C)Cc2ccc(C(=O)Nc3cccc(C)c3C)o2)cc1. The van der Waals surface area contributed by atoms with Crippen LogP contribution in [0.1, 0.15) is 33.0 Å². The van der Waals surface area contributed by atoms with Gasteiger partial charge in [-0.2, -0.15) is 4.31 Å². The van der Waals surface area contributed by atoms with Crippen molar-refractivity contribution >= 4 is 21.6 Å². The summed E-state index contributed by atoms with van der Waals surface area (Å²) in [6, 6.07) is 15.5. The Hall–Kier alpha value is -2.90. The van der Waals surface area contributed by atoms with Gasteiger partial charge < -0.3 is 9.73 Å². The molecule has 1 aromatic heterocycles. The van der Waals surface area contributed by atoms with Crippen molar-refractivity contribution in [3.63, 3.8) is 0 Å².